The van der Waals surface area contributed by atoms with Gasteiger partial charge in [0.25, 0.3) is 0 Å². The topological polar surface area (TPSA) is 54.5 Å². The van der Waals surface area contributed by atoms with Crippen LogP contribution in [0.2, 0.25) is 0 Å². The zero-order valence-corrected chi connectivity index (χ0v) is 12.6. The second kappa shape index (κ2) is 5.64. The number of nitrogens with zero attached hydrogens (tertiary/aromatic N) is 1. The fourth-order valence-corrected chi connectivity index (χ4v) is 4.43. The van der Waals surface area contributed by atoms with Crippen molar-refractivity contribution in [2.45, 2.75) is 31.7 Å². The molecule has 3 rings (SSSR count). The highest BCUT2D eigenvalue weighted by atomic mass is 32.2. The van der Waals surface area contributed by atoms with Crippen LogP contribution < -0.4 is 4.90 Å². The molecular weight excluding hydrogens is 286 g/mol. The summed E-state index contributed by atoms with van der Waals surface area (Å²) < 4.78 is 23.4. The highest BCUT2D eigenvalue weighted by molar-refractivity contribution is 7.94. The molecule has 0 spiro atoms. The average Bonchev–Trinajstić information content (AvgIpc) is 3.10. The minimum Gasteiger partial charge on any atom is -0.304 e. The van der Waals surface area contributed by atoms with E-state index in [2.05, 4.69) is 0 Å². The van der Waals surface area contributed by atoms with Gasteiger partial charge in [-0.1, -0.05) is 31.0 Å². The van der Waals surface area contributed by atoms with E-state index in [0.29, 0.717) is 0 Å². The Hall–Kier alpha value is -1.62. The standard InChI is InChI=1S/C16H19NO3S/c18-16(13-6-4-5-7-13)17(14-8-2-1-3-9-14)15-10-11-21(19,20)12-15/h1-3,8-11,13,15H,4-7,12H2/t15-/m1/s1. The van der Waals surface area contributed by atoms with Gasteiger partial charge in [0.05, 0.1) is 11.8 Å². The van der Waals surface area contributed by atoms with Gasteiger partial charge in [-0.2, -0.15) is 0 Å². The first kappa shape index (κ1) is 14.3. The van der Waals surface area contributed by atoms with Crippen LogP contribution in [0.4, 0.5) is 5.69 Å². The van der Waals surface area contributed by atoms with Crippen molar-refractivity contribution < 1.29 is 13.2 Å². The first-order valence-electron chi connectivity index (χ1n) is 7.36. The molecule has 5 heteroatoms. The van der Waals surface area contributed by atoms with E-state index in [-0.39, 0.29) is 23.6 Å². The second-order valence-electron chi connectivity index (χ2n) is 5.75. The molecule has 4 nitrogen and oxygen atoms in total. The molecule has 21 heavy (non-hydrogen) atoms. The molecule has 1 heterocycles. The minimum absolute atomic E-state index is 0.0135. The van der Waals surface area contributed by atoms with E-state index in [1.165, 1.54) is 5.41 Å². The number of sulfone groups is 1. The van der Waals surface area contributed by atoms with Crippen LogP contribution in [-0.2, 0) is 14.6 Å². The number of hydrogen-bond donors (Lipinski definition) is 0. The average molecular weight is 305 g/mol. The van der Waals surface area contributed by atoms with Gasteiger partial charge in [0, 0.05) is 17.0 Å². The van der Waals surface area contributed by atoms with Crippen molar-refractivity contribution in [1.82, 2.24) is 0 Å². The molecule has 1 aromatic rings. The zero-order chi connectivity index (χ0) is 14.9. The molecule has 0 aromatic heterocycles. The Morgan fingerprint density at radius 2 is 1.76 bits per heavy atom. The summed E-state index contributed by atoms with van der Waals surface area (Å²) in [7, 11) is -3.18. The first-order chi connectivity index (χ1) is 10.1. The van der Waals surface area contributed by atoms with Gasteiger partial charge in [-0.3, -0.25) is 4.79 Å². The van der Waals surface area contributed by atoms with Crippen LogP contribution in [0.15, 0.2) is 41.8 Å². The van der Waals surface area contributed by atoms with Gasteiger partial charge >= 0.3 is 0 Å². The largest absolute Gasteiger partial charge is 0.304 e. The zero-order valence-electron chi connectivity index (χ0n) is 11.8. The Bertz CT molecular complexity index is 645. The van der Waals surface area contributed by atoms with Gasteiger partial charge < -0.3 is 4.90 Å². The number of hydrogen-bond acceptors (Lipinski definition) is 3. The van der Waals surface area contributed by atoms with E-state index < -0.39 is 9.84 Å². The van der Waals surface area contributed by atoms with E-state index >= 15 is 0 Å². The molecule has 1 aromatic carbocycles. The van der Waals surface area contributed by atoms with Crippen LogP contribution in [0.3, 0.4) is 0 Å². The summed E-state index contributed by atoms with van der Waals surface area (Å²) in [5, 5.41) is 1.23. The summed E-state index contributed by atoms with van der Waals surface area (Å²) in [6.07, 6.45) is 5.61. The monoisotopic (exact) mass is 305 g/mol. The third-order valence-corrected chi connectivity index (χ3v) is 5.60. The highest BCUT2D eigenvalue weighted by Gasteiger charge is 2.35. The van der Waals surface area contributed by atoms with Gasteiger partial charge in [0.15, 0.2) is 9.84 Å². The summed E-state index contributed by atoms with van der Waals surface area (Å²) >= 11 is 0. The molecule has 1 aliphatic carbocycles. The van der Waals surface area contributed by atoms with Gasteiger partial charge in [-0.25, -0.2) is 8.42 Å². The van der Waals surface area contributed by atoms with Crippen LogP contribution in [-0.4, -0.2) is 26.1 Å². The molecule has 1 amide bonds. The number of carbonyl (C=O) groups excluding carboxylic acids is 1. The summed E-state index contributed by atoms with van der Waals surface area (Å²) in [6.45, 7) is 0. The Balaban J connectivity index is 1.92. The summed E-state index contributed by atoms with van der Waals surface area (Å²) in [4.78, 5) is 14.5. The van der Waals surface area contributed by atoms with Crippen LogP contribution in [0.1, 0.15) is 25.7 Å². The van der Waals surface area contributed by atoms with Crippen LogP contribution in [0.25, 0.3) is 0 Å². The lowest BCUT2D eigenvalue weighted by Crippen LogP contribution is -2.44. The Labute approximate surface area is 125 Å². The number of carbonyl (C=O) groups is 1. The fraction of sp³-hybridized carbons (Fsp3) is 0.438. The van der Waals surface area contributed by atoms with Crippen molar-refractivity contribution in [2.24, 2.45) is 5.92 Å². The van der Waals surface area contributed by atoms with E-state index in [9.17, 15) is 13.2 Å². The minimum atomic E-state index is -3.18. The fourth-order valence-electron chi connectivity index (χ4n) is 3.16. The first-order valence-corrected chi connectivity index (χ1v) is 9.07. The summed E-state index contributed by atoms with van der Waals surface area (Å²) in [5.41, 5.74) is 0.779. The smallest absolute Gasteiger partial charge is 0.230 e. The van der Waals surface area contributed by atoms with Crippen molar-refractivity contribution in [1.29, 1.82) is 0 Å². The van der Waals surface area contributed by atoms with Crippen LogP contribution in [0.5, 0.6) is 0 Å². The molecule has 0 bridgehead atoms. The van der Waals surface area contributed by atoms with Crippen LogP contribution >= 0.6 is 0 Å². The lowest BCUT2D eigenvalue weighted by atomic mass is 10.0. The van der Waals surface area contributed by atoms with E-state index in [4.69, 9.17) is 0 Å². The Kier molecular flexibility index (Phi) is 3.85. The molecule has 2 aliphatic rings. The maximum atomic E-state index is 12.8. The number of benzene rings is 1. The van der Waals surface area contributed by atoms with E-state index in [1.807, 2.05) is 30.3 Å². The number of rotatable bonds is 3. The molecule has 1 fully saturated rings. The maximum Gasteiger partial charge on any atom is 0.230 e. The van der Waals surface area contributed by atoms with Gasteiger partial charge in [0.1, 0.15) is 0 Å². The van der Waals surface area contributed by atoms with Crippen molar-refractivity contribution in [2.75, 3.05) is 10.7 Å². The number of para-hydroxylation sites is 1. The second-order valence-corrected chi connectivity index (χ2v) is 7.68. The van der Waals surface area contributed by atoms with Gasteiger partial charge in [-0.05, 0) is 31.1 Å². The lowest BCUT2D eigenvalue weighted by molar-refractivity contribution is -0.122. The third kappa shape index (κ3) is 3.02. The predicted octanol–water partition coefficient (Wildman–Crippen LogP) is 2.52. The SMILES string of the molecule is O=C(C1CCCC1)N(c1ccccc1)[C@@H]1C=CS(=O)(=O)C1. The van der Waals surface area contributed by atoms with Crippen molar-refractivity contribution >= 4 is 21.4 Å². The quantitative estimate of drug-likeness (QED) is 0.862. The van der Waals surface area contributed by atoms with E-state index in [1.54, 1.807) is 11.0 Å². The molecule has 1 saturated carbocycles. The van der Waals surface area contributed by atoms with Gasteiger partial charge in [-0.15, -0.1) is 0 Å². The molecule has 0 saturated heterocycles. The van der Waals surface area contributed by atoms with Gasteiger partial charge in [0.2, 0.25) is 5.91 Å². The summed E-state index contributed by atoms with van der Waals surface area (Å²) in [6, 6.07) is 8.99. The molecule has 112 valence electrons. The molecule has 1 atom stereocenters. The highest BCUT2D eigenvalue weighted by Crippen LogP contribution is 2.31. The molecule has 0 N–H and O–H groups in total. The third-order valence-electron chi connectivity index (χ3n) is 4.22. The predicted molar refractivity (Wildman–Crippen MR) is 82.6 cm³/mol. The molecular formula is C16H19NO3S. The lowest BCUT2D eigenvalue weighted by Gasteiger charge is -2.30. The molecule has 0 unspecified atom stereocenters. The molecule has 0 radical (unpaired) electrons. The van der Waals surface area contributed by atoms with Crippen LogP contribution in [0, 0.1) is 5.92 Å². The normalized spacial score (nSPS) is 24.3. The van der Waals surface area contributed by atoms with Crippen molar-refractivity contribution in [3.8, 4) is 0 Å². The molecule has 1 aliphatic heterocycles. The Morgan fingerprint density at radius 3 is 2.33 bits per heavy atom. The van der Waals surface area contributed by atoms with Crippen molar-refractivity contribution in [3.63, 3.8) is 0 Å². The maximum absolute atomic E-state index is 12.8. The van der Waals surface area contributed by atoms with Crippen molar-refractivity contribution in [3.05, 3.63) is 41.8 Å². The Morgan fingerprint density at radius 1 is 1.10 bits per heavy atom. The number of anilines is 1. The summed E-state index contributed by atoms with van der Waals surface area (Å²) in [5.74, 6) is 0.0766. The number of amides is 1. The van der Waals surface area contributed by atoms with E-state index in [0.717, 1.165) is 31.4 Å².